The van der Waals surface area contributed by atoms with E-state index in [2.05, 4.69) is 4.72 Å². The number of sulfonamides is 1. The minimum absolute atomic E-state index is 0.00606. The molecule has 1 aliphatic heterocycles. The molecule has 0 unspecified atom stereocenters. The van der Waals surface area contributed by atoms with Gasteiger partial charge in [0.05, 0.1) is 5.56 Å². The number of halogens is 3. The summed E-state index contributed by atoms with van der Waals surface area (Å²) in [5.41, 5.74) is -0.0323. The van der Waals surface area contributed by atoms with Crippen molar-refractivity contribution in [1.82, 2.24) is 14.2 Å². The first kappa shape index (κ1) is 21.2. The Morgan fingerprint density at radius 3 is 2.34 bits per heavy atom. The van der Waals surface area contributed by atoms with Gasteiger partial charge in [-0.25, -0.2) is 13.1 Å². The highest BCUT2D eigenvalue weighted by molar-refractivity contribution is 7.89. The molecule has 1 aromatic carbocycles. The number of nitrogens with zero attached hydrogens (tertiary/aromatic N) is 3. The van der Waals surface area contributed by atoms with Crippen LogP contribution in [-0.2, 0) is 23.2 Å². The van der Waals surface area contributed by atoms with Crippen molar-refractivity contribution in [3.63, 3.8) is 0 Å². The molecule has 2 aromatic rings. The number of anilines is 1. The molecule has 1 fully saturated rings. The number of hydrogen-bond donors (Lipinski definition) is 1. The molecule has 1 aliphatic rings. The van der Waals surface area contributed by atoms with Crippen LogP contribution in [0.3, 0.4) is 0 Å². The normalized spacial score (nSPS) is 15.6. The molecule has 1 amide bonds. The third-order valence-electron chi connectivity index (χ3n) is 4.88. The third kappa shape index (κ3) is 4.40. The number of amides is 1. The number of aryl methyl sites for hydroxylation is 1. The second-order valence-corrected chi connectivity index (χ2v) is 8.59. The van der Waals surface area contributed by atoms with Crippen LogP contribution in [0.5, 0.6) is 0 Å². The molecule has 0 bridgehead atoms. The highest BCUT2D eigenvalue weighted by Crippen LogP contribution is 2.32. The number of hydrogen-bond acceptors (Lipinski definition) is 4. The molecule has 158 valence electrons. The van der Waals surface area contributed by atoms with Crippen LogP contribution in [0.2, 0.25) is 0 Å². The minimum atomic E-state index is -4.41. The van der Waals surface area contributed by atoms with Gasteiger partial charge in [-0.1, -0.05) is 6.07 Å². The maximum atomic E-state index is 12.9. The molecule has 1 N–H and O–H groups in total. The molecule has 0 aliphatic carbocycles. The Hall–Kier alpha value is -2.53. The molecule has 2 heterocycles. The molecule has 7 nitrogen and oxygen atoms in total. The van der Waals surface area contributed by atoms with E-state index in [0.29, 0.717) is 31.9 Å². The van der Waals surface area contributed by atoms with Crippen molar-refractivity contribution in [3.8, 4) is 0 Å². The molecule has 0 radical (unpaired) electrons. The van der Waals surface area contributed by atoms with E-state index in [1.807, 2.05) is 0 Å². The number of carbonyl (C=O) groups is 1. The van der Waals surface area contributed by atoms with Gasteiger partial charge in [0.1, 0.15) is 10.6 Å². The first-order chi connectivity index (χ1) is 13.5. The topological polar surface area (TPSA) is 74.7 Å². The van der Waals surface area contributed by atoms with E-state index in [4.69, 9.17) is 0 Å². The molecule has 0 spiro atoms. The third-order valence-corrected chi connectivity index (χ3v) is 6.26. The fourth-order valence-corrected chi connectivity index (χ4v) is 4.02. The van der Waals surface area contributed by atoms with E-state index in [9.17, 15) is 26.4 Å². The summed E-state index contributed by atoms with van der Waals surface area (Å²) in [6, 6.07) is 6.41. The SMILES string of the molecule is CNS(=O)(=O)c1cc(C(=O)N2CCN(c3cccc(C(F)(F)F)c3)CC2)n(C)c1. The van der Waals surface area contributed by atoms with Gasteiger partial charge in [0.25, 0.3) is 5.91 Å². The monoisotopic (exact) mass is 430 g/mol. The van der Waals surface area contributed by atoms with Crippen molar-refractivity contribution in [1.29, 1.82) is 0 Å². The fourth-order valence-electron chi connectivity index (χ4n) is 3.22. The smallest absolute Gasteiger partial charge is 0.368 e. The number of alkyl halides is 3. The van der Waals surface area contributed by atoms with E-state index in [-0.39, 0.29) is 16.5 Å². The molecule has 29 heavy (non-hydrogen) atoms. The maximum absolute atomic E-state index is 12.9. The summed E-state index contributed by atoms with van der Waals surface area (Å²) < 4.78 is 66.3. The Kier molecular flexibility index (Phi) is 5.63. The molecule has 0 saturated carbocycles. The average Bonchev–Trinajstić information content (AvgIpc) is 3.09. The molecule has 1 saturated heterocycles. The van der Waals surface area contributed by atoms with Crippen LogP contribution in [-0.4, -0.2) is 57.0 Å². The predicted octanol–water partition coefficient (Wildman–Crippen LogP) is 1.91. The van der Waals surface area contributed by atoms with Crippen molar-refractivity contribution in [3.05, 3.63) is 47.8 Å². The van der Waals surface area contributed by atoms with Gasteiger partial charge in [-0.05, 0) is 31.3 Å². The fraction of sp³-hybridized carbons (Fsp3) is 0.389. The number of carbonyl (C=O) groups excluding carboxylic acids is 1. The van der Waals surface area contributed by atoms with Gasteiger partial charge >= 0.3 is 6.18 Å². The van der Waals surface area contributed by atoms with Crippen LogP contribution in [0.15, 0.2) is 41.4 Å². The average molecular weight is 430 g/mol. The van der Waals surface area contributed by atoms with Crippen LogP contribution in [0.25, 0.3) is 0 Å². The molecular weight excluding hydrogens is 409 g/mol. The molecule has 3 rings (SSSR count). The van der Waals surface area contributed by atoms with Gasteiger partial charge in [-0.3, -0.25) is 4.79 Å². The second-order valence-electron chi connectivity index (χ2n) is 6.71. The zero-order chi connectivity index (χ0) is 21.4. The second kappa shape index (κ2) is 7.71. The molecule has 0 atom stereocenters. The standard InChI is InChI=1S/C18H21F3N4O3S/c1-22-29(27,28)15-11-16(23(2)12-15)17(26)25-8-6-24(7-9-25)14-5-3-4-13(10-14)18(19,20)21/h3-5,10-12,22H,6-9H2,1-2H3. The van der Waals surface area contributed by atoms with Gasteiger partial charge in [0.15, 0.2) is 0 Å². The number of aromatic nitrogens is 1. The van der Waals surface area contributed by atoms with Gasteiger partial charge in [0.2, 0.25) is 10.0 Å². The lowest BCUT2D eigenvalue weighted by Gasteiger charge is -2.36. The molecule has 11 heteroatoms. The van der Waals surface area contributed by atoms with E-state index in [0.717, 1.165) is 12.1 Å². The van der Waals surface area contributed by atoms with Crippen molar-refractivity contribution in [2.45, 2.75) is 11.1 Å². The Balaban J connectivity index is 1.71. The molecule has 1 aromatic heterocycles. The predicted molar refractivity (Wildman–Crippen MR) is 101 cm³/mol. The number of nitrogens with one attached hydrogen (secondary N) is 1. The molecular formula is C18H21F3N4O3S. The van der Waals surface area contributed by atoms with E-state index < -0.39 is 21.8 Å². The first-order valence-electron chi connectivity index (χ1n) is 8.84. The van der Waals surface area contributed by atoms with Crippen LogP contribution in [0, 0.1) is 0 Å². The largest absolute Gasteiger partial charge is 0.416 e. The summed E-state index contributed by atoms with van der Waals surface area (Å²) in [5, 5.41) is 0. The lowest BCUT2D eigenvalue weighted by molar-refractivity contribution is -0.137. The quantitative estimate of drug-likeness (QED) is 0.804. The van der Waals surface area contributed by atoms with Crippen molar-refractivity contribution >= 4 is 21.6 Å². The summed E-state index contributed by atoms with van der Waals surface area (Å²) in [6.07, 6.45) is -3.05. The summed E-state index contributed by atoms with van der Waals surface area (Å²) in [4.78, 5) is 16.2. The van der Waals surface area contributed by atoms with Gasteiger partial charge in [0, 0.05) is 45.1 Å². The van der Waals surface area contributed by atoms with E-state index >= 15 is 0 Å². The number of benzene rings is 1. The zero-order valence-corrected chi connectivity index (χ0v) is 16.7. The van der Waals surface area contributed by atoms with Gasteiger partial charge < -0.3 is 14.4 Å². The van der Waals surface area contributed by atoms with Crippen molar-refractivity contribution in [2.75, 3.05) is 38.1 Å². The zero-order valence-electron chi connectivity index (χ0n) is 15.9. The minimum Gasteiger partial charge on any atom is -0.368 e. The summed E-state index contributed by atoms with van der Waals surface area (Å²) >= 11 is 0. The first-order valence-corrected chi connectivity index (χ1v) is 10.3. The number of rotatable bonds is 4. The highest BCUT2D eigenvalue weighted by Gasteiger charge is 2.31. The van der Waals surface area contributed by atoms with E-state index in [1.165, 1.54) is 29.9 Å². The Labute approximate surface area is 166 Å². The van der Waals surface area contributed by atoms with Crippen LogP contribution in [0.1, 0.15) is 16.1 Å². The van der Waals surface area contributed by atoms with Gasteiger partial charge in [-0.15, -0.1) is 0 Å². The summed E-state index contributed by atoms with van der Waals surface area (Å²) in [7, 11) is -0.794. The lowest BCUT2D eigenvalue weighted by Crippen LogP contribution is -2.49. The Morgan fingerprint density at radius 1 is 1.10 bits per heavy atom. The van der Waals surface area contributed by atoms with Crippen LogP contribution in [0.4, 0.5) is 18.9 Å². The maximum Gasteiger partial charge on any atom is 0.416 e. The Bertz CT molecular complexity index is 1010. The van der Waals surface area contributed by atoms with Crippen molar-refractivity contribution in [2.24, 2.45) is 7.05 Å². The van der Waals surface area contributed by atoms with Crippen LogP contribution < -0.4 is 9.62 Å². The summed E-state index contributed by atoms with van der Waals surface area (Å²) in [5.74, 6) is -0.325. The van der Waals surface area contributed by atoms with E-state index in [1.54, 1.807) is 22.9 Å². The van der Waals surface area contributed by atoms with Crippen LogP contribution >= 0.6 is 0 Å². The number of piperazine rings is 1. The van der Waals surface area contributed by atoms with Crippen molar-refractivity contribution < 1.29 is 26.4 Å². The van der Waals surface area contributed by atoms with Gasteiger partial charge in [-0.2, -0.15) is 13.2 Å². The highest BCUT2D eigenvalue weighted by atomic mass is 32.2. The lowest BCUT2D eigenvalue weighted by atomic mass is 10.1. The summed E-state index contributed by atoms with van der Waals surface area (Å²) in [6.45, 7) is 1.38. The Morgan fingerprint density at radius 2 is 1.76 bits per heavy atom.